The Kier molecular flexibility index (Phi) is 7.72. The lowest BCUT2D eigenvalue weighted by molar-refractivity contribution is -0.144. The third-order valence-corrected chi connectivity index (χ3v) is 1.42. The maximum atomic E-state index is 11.0. The molecule has 16 heavy (non-hydrogen) atoms. The van der Waals surface area contributed by atoms with Crippen LogP contribution in [0.2, 0.25) is 0 Å². The summed E-state index contributed by atoms with van der Waals surface area (Å²) in [6.45, 7) is -1.14. The quantitative estimate of drug-likeness (QED) is 0.341. The first kappa shape index (κ1) is 14.3. The minimum atomic E-state index is -0.660. The molecule has 0 rings (SSSR count). The molecule has 0 spiro atoms. The Bertz CT molecular complexity index is 256. The minimum Gasteiger partial charge on any atom is -0.462 e. The van der Waals surface area contributed by atoms with E-state index in [1.165, 1.54) is 0 Å². The minimum absolute atomic E-state index is 0.112. The van der Waals surface area contributed by atoms with Gasteiger partial charge in [-0.25, -0.2) is 0 Å². The van der Waals surface area contributed by atoms with Crippen molar-refractivity contribution in [2.24, 2.45) is 5.73 Å². The van der Waals surface area contributed by atoms with Crippen LogP contribution in [0.1, 0.15) is 0 Å². The highest BCUT2D eigenvalue weighted by Gasteiger charge is 2.07. The molecule has 0 unspecified atom stereocenters. The lowest BCUT2D eigenvalue weighted by atomic mass is 10.5. The fraction of sp³-hybridized carbons (Fsp3) is 0.625. The van der Waals surface area contributed by atoms with E-state index < -0.39 is 17.8 Å². The Morgan fingerprint density at radius 1 is 1.12 bits per heavy atom. The molecular formula is C8H15N3O5. The van der Waals surface area contributed by atoms with Crippen LogP contribution in [0.5, 0.6) is 0 Å². The molecule has 0 aromatic heterocycles. The van der Waals surface area contributed by atoms with Crippen LogP contribution in [0, 0.1) is 0 Å². The molecule has 8 nitrogen and oxygen atoms in total. The van der Waals surface area contributed by atoms with Crippen LogP contribution in [0.4, 0.5) is 0 Å². The number of nitrogens with two attached hydrogens (primary N) is 1. The maximum absolute atomic E-state index is 11.0. The number of rotatable bonds is 7. The summed E-state index contributed by atoms with van der Waals surface area (Å²) in [7, 11) is 0. The number of ether oxygens (including phenoxy) is 1. The van der Waals surface area contributed by atoms with Gasteiger partial charge in [-0.3, -0.25) is 14.4 Å². The lowest BCUT2D eigenvalue weighted by Gasteiger charge is -2.06. The third kappa shape index (κ3) is 7.71. The van der Waals surface area contributed by atoms with E-state index in [1.54, 1.807) is 0 Å². The van der Waals surface area contributed by atoms with Gasteiger partial charge in [0.25, 0.3) is 0 Å². The number of carbonyl (C=O) groups is 3. The molecule has 0 atom stereocenters. The zero-order chi connectivity index (χ0) is 12.4. The number of aliphatic hydroxyl groups excluding tert-OH is 1. The molecule has 92 valence electrons. The Morgan fingerprint density at radius 3 is 2.31 bits per heavy atom. The van der Waals surface area contributed by atoms with Crippen LogP contribution in [0.3, 0.4) is 0 Å². The molecule has 5 N–H and O–H groups in total. The summed E-state index contributed by atoms with van der Waals surface area (Å²) in [5, 5.41) is 12.8. The van der Waals surface area contributed by atoms with Crippen LogP contribution in [0.25, 0.3) is 0 Å². The van der Waals surface area contributed by atoms with Crippen molar-refractivity contribution >= 4 is 17.8 Å². The van der Waals surface area contributed by atoms with Crippen molar-refractivity contribution in [3.8, 4) is 0 Å². The maximum Gasteiger partial charge on any atom is 0.325 e. The Balaban J connectivity index is 3.57. The highest BCUT2D eigenvalue weighted by atomic mass is 16.5. The van der Waals surface area contributed by atoms with Gasteiger partial charge in [0.1, 0.15) is 13.2 Å². The van der Waals surface area contributed by atoms with E-state index in [0.717, 1.165) is 0 Å². The van der Waals surface area contributed by atoms with E-state index in [4.69, 9.17) is 10.8 Å². The molecule has 0 aliphatic heterocycles. The summed E-state index contributed by atoms with van der Waals surface area (Å²) in [5.74, 6) is -1.65. The van der Waals surface area contributed by atoms with Crippen LogP contribution in [-0.2, 0) is 19.1 Å². The van der Waals surface area contributed by atoms with Gasteiger partial charge in [-0.1, -0.05) is 0 Å². The number of esters is 1. The summed E-state index contributed by atoms with van der Waals surface area (Å²) < 4.78 is 4.48. The number of nitrogens with one attached hydrogen (secondary N) is 2. The fourth-order valence-electron chi connectivity index (χ4n) is 0.695. The number of carbonyl (C=O) groups excluding carboxylic acids is 3. The van der Waals surface area contributed by atoms with Crippen molar-refractivity contribution in [1.29, 1.82) is 0 Å². The van der Waals surface area contributed by atoms with Crippen LogP contribution in [-0.4, -0.2) is 55.7 Å². The van der Waals surface area contributed by atoms with Gasteiger partial charge in [-0.05, 0) is 0 Å². The number of hydrogen-bond acceptors (Lipinski definition) is 6. The van der Waals surface area contributed by atoms with E-state index in [1.807, 2.05) is 0 Å². The lowest BCUT2D eigenvalue weighted by Crippen LogP contribution is -2.41. The SMILES string of the molecule is NCC(=O)NCC(=O)NCC(=O)OCCO. The molecule has 0 bridgehead atoms. The van der Waals surface area contributed by atoms with E-state index in [0.29, 0.717) is 0 Å². The summed E-state index contributed by atoms with van der Waals surface area (Å²) in [6, 6.07) is 0. The molecule has 0 saturated carbocycles. The van der Waals surface area contributed by atoms with Crippen LogP contribution in [0.15, 0.2) is 0 Å². The molecule has 0 aliphatic rings. The molecular weight excluding hydrogens is 218 g/mol. The van der Waals surface area contributed by atoms with Gasteiger partial charge in [0, 0.05) is 0 Å². The first-order valence-electron chi connectivity index (χ1n) is 4.60. The summed E-state index contributed by atoms with van der Waals surface area (Å²) >= 11 is 0. The summed E-state index contributed by atoms with van der Waals surface area (Å²) in [4.78, 5) is 32.5. The summed E-state index contributed by atoms with van der Waals surface area (Å²) in [6.07, 6.45) is 0. The zero-order valence-electron chi connectivity index (χ0n) is 8.69. The van der Waals surface area contributed by atoms with Gasteiger partial charge in [-0.15, -0.1) is 0 Å². The van der Waals surface area contributed by atoms with E-state index in [2.05, 4.69) is 15.4 Å². The second kappa shape index (κ2) is 8.62. The predicted molar refractivity (Wildman–Crippen MR) is 53.1 cm³/mol. The molecule has 0 radical (unpaired) electrons. The van der Waals surface area contributed by atoms with Gasteiger partial charge in [0.05, 0.1) is 19.7 Å². The first-order valence-corrected chi connectivity index (χ1v) is 4.60. The Morgan fingerprint density at radius 2 is 1.75 bits per heavy atom. The average Bonchev–Trinajstić information content (AvgIpc) is 2.30. The molecule has 0 aliphatic carbocycles. The van der Waals surface area contributed by atoms with Crippen molar-refractivity contribution in [1.82, 2.24) is 10.6 Å². The first-order chi connectivity index (χ1) is 7.60. The molecule has 0 aromatic carbocycles. The largest absolute Gasteiger partial charge is 0.462 e. The smallest absolute Gasteiger partial charge is 0.325 e. The molecule has 0 fully saturated rings. The molecule has 0 aromatic rings. The molecule has 8 heteroatoms. The van der Waals surface area contributed by atoms with Gasteiger partial charge in [-0.2, -0.15) is 0 Å². The van der Waals surface area contributed by atoms with Crippen LogP contribution < -0.4 is 16.4 Å². The van der Waals surface area contributed by atoms with Crippen molar-refractivity contribution < 1.29 is 24.2 Å². The predicted octanol–water partition coefficient (Wildman–Crippen LogP) is -3.29. The van der Waals surface area contributed by atoms with Crippen LogP contribution >= 0.6 is 0 Å². The van der Waals surface area contributed by atoms with E-state index >= 15 is 0 Å². The number of hydrogen-bond donors (Lipinski definition) is 4. The van der Waals surface area contributed by atoms with Gasteiger partial charge >= 0.3 is 5.97 Å². The van der Waals surface area contributed by atoms with Crippen molar-refractivity contribution in [3.63, 3.8) is 0 Å². The van der Waals surface area contributed by atoms with Gasteiger partial charge < -0.3 is 26.2 Å². The number of amides is 2. The molecule has 2 amide bonds. The van der Waals surface area contributed by atoms with Crippen molar-refractivity contribution in [2.45, 2.75) is 0 Å². The highest BCUT2D eigenvalue weighted by Crippen LogP contribution is 1.76. The second-order valence-corrected chi connectivity index (χ2v) is 2.70. The van der Waals surface area contributed by atoms with Crippen molar-refractivity contribution in [3.05, 3.63) is 0 Å². The van der Waals surface area contributed by atoms with Crippen molar-refractivity contribution in [2.75, 3.05) is 32.8 Å². The van der Waals surface area contributed by atoms with E-state index in [9.17, 15) is 14.4 Å². The Hall–Kier alpha value is -1.67. The molecule has 0 heterocycles. The van der Waals surface area contributed by atoms with Gasteiger partial charge in [0.15, 0.2) is 0 Å². The molecule has 0 saturated heterocycles. The topological polar surface area (TPSA) is 131 Å². The fourth-order valence-corrected chi connectivity index (χ4v) is 0.695. The average molecular weight is 233 g/mol. The normalized spacial score (nSPS) is 9.38. The standard InChI is InChI=1S/C8H15N3O5/c9-3-6(13)10-4-7(14)11-5-8(15)16-2-1-12/h12H,1-5,9H2,(H,10,13)(H,11,14). The highest BCUT2D eigenvalue weighted by molar-refractivity contribution is 5.87. The number of aliphatic hydroxyl groups is 1. The third-order valence-electron chi connectivity index (χ3n) is 1.42. The second-order valence-electron chi connectivity index (χ2n) is 2.70. The zero-order valence-corrected chi connectivity index (χ0v) is 8.69. The Labute approximate surface area is 92.1 Å². The van der Waals surface area contributed by atoms with E-state index in [-0.39, 0.29) is 32.8 Å². The monoisotopic (exact) mass is 233 g/mol. The van der Waals surface area contributed by atoms with Gasteiger partial charge in [0.2, 0.25) is 11.8 Å². The summed E-state index contributed by atoms with van der Waals surface area (Å²) in [5.41, 5.74) is 4.99.